The molecule has 27 heavy (non-hydrogen) atoms. The molecule has 0 saturated carbocycles. The van der Waals surface area contributed by atoms with Crippen LogP contribution in [0.5, 0.6) is 0 Å². The van der Waals surface area contributed by atoms with Gasteiger partial charge in [0, 0.05) is 13.0 Å². The molecule has 1 amide bonds. The lowest BCUT2D eigenvalue weighted by atomic mass is 9.80. The molecule has 6 heteroatoms. The third kappa shape index (κ3) is 5.30. The molecule has 1 N–H and O–H groups in total. The zero-order valence-electron chi connectivity index (χ0n) is 16.1. The second kappa shape index (κ2) is 8.85. The first-order chi connectivity index (χ1) is 13.0. The predicted molar refractivity (Wildman–Crippen MR) is 102 cm³/mol. The van der Waals surface area contributed by atoms with Gasteiger partial charge >= 0.3 is 5.97 Å². The quantitative estimate of drug-likeness (QED) is 0.794. The SMILES string of the molecule is C[C@]1(C2CCN(CCCC(=O)O)CC2)CN(Cc2ccccc2)C(=O)CO1. The van der Waals surface area contributed by atoms with E-state index in [4.69, 9.17) is 9.84 Å². The van der Waals surface area contributed by atoms with Gasteiger partial charge in [-0.05, 0) is 57.3 Å². The molecule has 0 aliphatic carbocycles. The van der Waals surface area contributed by atoms with Gasteiger partial charge in [0.1, 0.15) is 6.61 Å². The minimum atomic E-state index is -0.726. The van der Waals surface area contributed by atoms with Gasteiger partial charge in [-0.25, -0.2) is 0 Å². The molecule has 2 aliphatic heterocycles. The number of ether oxygens (including phenoxy) is 1. The Bertz CT molecular complexity index is 643. The number of aliphatic carboxylic acids is 1. The lowest BCUT2D eigenvalue weighted by Crippen LogP contribution is -2.57. The van der Waals surface area contributed by atoms with Gasteiger partial charge in [0.25, 0.3) is 0 Å². The number of benzene rings is 1. The smallest absolute Gasteiger partial charge is 0.303 e. The topological polar surface area (TPSA) is 70.1 Å². The number of carboxylic acid groups (broad SMARTS) is 1. The third-order valence-corrected chi connectivity index (χ3v) is 5.92. The zero-order valence-corrected chi connectivity index (χ0v) is 16.1. The molecular weight excluding hydrogens is 344 g/mol. The van der Waals surface area contributed by atoms with E-state index >= 15 is 0 Å². The fourth-order valence-corrected chi connectivity index (χ4v) is 4.25. The molecule has 0 aromatic heterocycles. The van der Waals surface area contributed by atoms with Crippen molar-refractivity contribution in [2.45, 2.75) is 44.8 Å². The van der Waals surface area contributed by atoms with Crippen LogP contribution in [0.2, 0.25) is 0 Å². The molecule has 0 unspecified atom stereocenters. The Kier molecular flexibility index (Phi) is 6.50. The number of hydrogen-bond acceptors (Lipinski definition) is 4. The molecular formula is C21H30N2O4. The number of likely N-dealkylation sites (tertiary alicyclic amines) is 1. The maximum atomic E-state index is 12.3. The molecule has 0 spiro atoms. The maximum absolute atomic E-state index is 12.3. The minimum absolute atomic E-state index is 0.0578. The predicted octanol–water partition coefficient (Wildman–Crippen LogP) is 2.38. The number of piperidine rings is 1. The van der Waals surface area contributed by atoms with Crippen molar-refractivity contribution >= 4 is 11.9 Å². The van der Waals surface area contributed by atoms with Gasteiger partial charge in [0.05, 0.1) is 12.1 Å². The van der Waals surface area contributed by atoms with Crippen molar-refractivity contribution in [3.8, 4) is 0 Å². The Morgan fingerprint density at radius 1 is 1.26 bits per heavy atom. The van der Waals surface area contributed by atoms with Crippen LogP contribution in [0.25, 0.3) is 0 Å². The number of amides is 1. The van der Waals surface area contributed by atoms with Gasteiger partial charge in [-0.3, -0.25) is 9.59 Å². The molecule has 0 bridgehead atoms. The summed E-state index contributed by atoms with van der Waals surface area (Å²) >= 11 is 0. The second-order valence-corrected chi connectivity index (χ2v) is 7.95. The highest BCUT2D eigenvalue weighted by Crippen LogP contribution is 2.34. The van der Waals surface area contributed by atoms with E-state index in [0.717, 1.165) is 38.0 Å². The number of rotatable bonds is 7. The standard InChI is InChI=1S/C21H30N2O4/c1-21(18-9-12-22(13-10-18)11-5-8-20(25)26)16-23(19(24)15-27-21)14-17-6-3-2-4-7-17/h2-4,6-7,18H,5,8-16H2,1H3,(H,25,26)/t21-/m1/s1. The fraction of sp³-hybridized carbons (Fsp3) is 0.619. The summed E-state index contributed by atoms with van der Waals surface area (Å²) in [6.45, 7) is 6.34. The maximum Gasteiger partial charge on any atom is 0.303 e. The first-order valence-electron chi connectivity index (χ1n) is 9.86. The fourth-order valence-electron chi connectivity index (χ4n) is 4.25. The van der Waals surface area contributed by atoms with E-state index in [0.29, 0.717) is 25.4 Å². The number of carboxylic acids is 1. The van der Waals surface area contributed by atoms with Gasteiger partial charge in [-0.1, -0.05) is 30.3 Å². The Labute approximate surface area is 161 Å². The normalized spacial score (nSPS) is 24.9. The minimum Gasteiger partial charge on any atom is -0.481 e. The van der Waals surface area contributed by atoms with Crippen molar-refractivity contribution in [1.29, 1.82) is 0 Å². The number of morpholine rings is 1. The summed E-state index contributed by atoms with van der Waals surface area (Å²) < 4.78 is 6.05. The van der Waals surface area contributed by atoms with E-state index in [1.54, 1.807) is 0 Å². The number of carbonyl (C=O) groups is 2. The molecule has 2 heterocycles. The summed E-state index contributed by atoms with van der Waals surface area (Å²) in [7, 11) is 0. The van der Waals surface area contributed by atoms with Crippen molar-refractivity contribution in [2.75, 3.05) is 32.8 Å². The van der Waals surface area contributed by atoms with Crippen molar-refractivity contribution in [3.05, 3.63) is 35.9 Å². The van der Waals surface area contributed by atoms with Crippen LogP contribution >= 0.6 is 0 Å². The van der Waals surface area contributed by atoms with E-state index in [-0.39, 0.29) is 24.5 Å². The van der Waals surface area contributed by atoms with E-state index < -0.39 is 5.97 Å². The molecule has 3 rings (SSSR count). The van der Waals surface area contributed by atoms with Crippen LogP contribution in [0.3, 0.4) is 0 Å². The molecule has 1 aromatic rings. The Balaban J connectivity index is 1.53. The summed E-state index contributed by atoms with van der Waals surface area (Å²) in [5.41, 5.74) is 0.832. The highest BCUT2D eigenvalue weighted by molar-refractivity contribution is 5.78. The molecule has 2 saturated heterocycles. The molecule has 1 aromatic carbocycles. The molecule has 148 valence electrons. The molecule has 1 atom stereocenters. The average molecular weight is 374 g/mol. The third-order valence-electron chi connectivity index (χ3n) is 5.92. The van der Waals surface area contributed by atoms with Crippen molar-refractivity contribution in [2.24, 2.45) is 5.92 Å². The highest BCUT2D eigenvalue weighted by Gasteiger charge is 2.43. The first kappa shape index (κ1) is 19.8. The van der Waals surface area contributed by atoms with Crippen molar-refractivity contribution in [1.82, 2.24) is 9.80 Å². The number of carbonyl (C=O) groups excluding carboxylic acids is 1. The Morgan fingerprint density at radius 3 is 2.63 bits per heavy atom. The average Bonchev–Trinajstić information content (AvgIpc) is 2.66. The van der Waals surface area contributed by atoms with Crippen LogP contribution in [-0.2, 0) is 20.9 Å². The largest absolute Gasteiger partial charge is 0.481 e. The Hall–Kier alpha value is -1.92. The van der Waals surface area contributed by atoms with Gasteiger partial charge < -0.3 is 19.6 Å². The lowest BCUT2D eigenvalue weighted by molar-refractivity contribution is -0.174. The van der Waals surface area contributed by atoms with Crippen LogP contribution in [0.15, 0.2) is 30.3 Å². The molecule has 2 fully saturated rings. The second-order valence-electron chi connectivity index (χ2n) is 7.95. The van der Waals surface area contributed by atoms with E-state index in [9.17, 15) is 9.59 Å². The van der Waals surface area contributed by atoms with Crippen LogP contribution in [-0.4, -0.2) is 65.2 Å². The number of hydrogen-bond donors (Lipinski definition) is 1. The summed E-state index contributed by atoms with van der Waals surface area (Å²) in [6.07, 6.45) is 2.98. The van der Waals surface area contributed by atoms with Crippen molar-refractivity contribution < 1.29 is 19.4 Å². The summed E-state index contributed by atoms with van der Waals surface area (Å²) in [5.74, 6) is -0.252. The van der Waals surface area contributed by atoms with E-state index in [2.05, 4.69) is 24.0 Å². The summed E-state index contributed by atoms with van der Waals surface area (Å²) in [4.78, 5) is 27.3. The van der Waals surface area contributed by atoms with Crippen LogP contribution < -0.4 is 0 Å². The lowest BCUT2D eigenvalue weighted by Gasteiger charge is -2.47. The van der Waals surface area contributed by atoms with Gasteiger partial charge in [-0.2, -0.15) is 0 Å². The van der Waals surface area contributed by atoms with Crippen LogP contribution in [0.4, 0.5) is 0 Å². The van der Waals surface area contributed by atoms with Crippen LogP contribution in [0.1, 0.15) is 38.2 Å². The molecule has 0 radical (unpaired) electrons. The Morgan fingerprint density at radius 2 is 1.96 bits per heavy atom. The summed E-state index contributed by atoms with van der Waals surface area (Å²) in [5, 5.41) is 8.77. The molecule has 2 aliphatic rings. The van der Waals surface area contributed by atoms with Crippen LogP contribution in [0, 0.1) is 5.92 Å². The van der Waals surface area contributed by atoms with E-state index in [1.807, 2.05) is 23.1 Å². The molecule has 6 nitrogen and oxygen atoms in total. The zero-order chi connectivity index (χ0) is 19.3. The summed E-state index contributed by atoms with van der Waals surface area (Å²) in [6, 6.07) is 10.1. The van der Waals surface area contributed by atoms with Gasteiger partial charge in [0.15, 0.2) is 0 Å². The number of nitrogens with zero attached hydrogens (tertiary/aromatic N) is 2. The van der Waals surface area contributed by atoms with E-state index in [1.165, 1.54) is 0 Å². The van der Waals surface area contributed by atoms with Crippen molar-refractivity contribution in [3.63, 3.8) is 0 Å². The van der Waals surface area contributed by atoms with Gasteiger partial charge in [0.2, 0.25) is 5.91 Å². The monoisotopic (exact) mass is 374 g/mol. The first-order valence-corrected chi connectivity index (χ1v) is 9.86. The highest BCUT2D eigenvalue weighted by atomic mass is 16.5. The van der Waals surface area contributed by atoms with Gasteiger partial charge in [-0.15, -0.1) is 0 Å².